The second-order valence-electron chi connectivity index (χ2n) is 7.44. The first-order valence-electron chi connectivity index (χ1n) is 11.6. The Morgan fingerprint density at radius 2 is 1.00 bits per heavy atom. The highest BCUT2D eigenvalue weighted by Crippen LogP contribution is 2.06. The summed E-state index contributed by atoms with van der Waals surface area (Å²) in [5, 5.41) is 22.3. The summed E-state index contributed by atoms with van der Waals surface area (Å²) in [4.78, 5) is 45.7. The van der Waals surface area contributed by atoms with E-state index in [1.807, 2.05) is 60.7 Å². The van der Waals surface area contributed by atoms with E-state index in [2.05, 4.69) is 10.6 Å². The summed E-state index contributed by atoms with van der Waals surface area (Å²) in [6.07, 6.45) is 0.677. The van der Waals surface area contributed by atoms with Crippen molar-refractivity contribution >= 4 is 23.8 Å². The van der Waals surface area contributed by atoms with Crippen molar-refractivity contribution in [3.8, 4) is 0 Å². The number of rotatable bonds is 12. The molecule has 4 N–H and O–H groups in total. The minimum Gasteiger partial charge on any atom is -0.464 e. The molecule has 0 aliphatic carbocycles. The first kappa shape index (κ1) is 30.3. The van der Waals surface area contributed by atoms with Gasteiger partial charge in [0, 0.05) is 12.8 Å². The predicted molar refractivity (Wildman–Crippen MR) is 132 cm³/mol. The fraction of sp³-hybridized carbons (Fsp3) is 0.385. The molecule has 196 valence electrons. The SMILES string of the molecule is CCOC(=O)C(Cc1ccccc1)NC(=O)CO.CCOC(=O)C(Cc1ccccc1)NC(=O)CO. The van der Waals surface area contributed by atoms with Gasteiger partial charge < -0.3 is 30.3 Å². The molecule has 0 bridgehead atoms. The lowest BCUT2D eigenvalue weighted by Crippen LogP contribution is -2.44. The molecule has 0 aliphatic rings. The molecule has 0 spiro atoms. The fourth-order valence-corrected chi connectivity index (χ4v) is 3.05. The number of ether oxygens (including phenoxy) is 2. The first-order valence-corrected chi connectivity index (χ1v) is 11.6. The van der Waals surface area contributed by atoms with Crippen molar-refractivity contribution in [2.45, 2.75) is 38.8 Å². The maximum Gasteiger partial charge on any atom is 0.328 e. The highest BCUT2D eigenvalue weighted by molar-refractivity contribution is 5.85. The summed E-state index contributed by atoms with van der Waals surface area (Å²) in [5.74, 6) is -2.18. The minimum atomic E-state index is -0.771. The standard InChI is InChI=1S/2C13H17NO4/c2*1-2-18-13(17)11(14-12(16)9-15)8-10-6-4-3-5-7-10/h2*3-7,11,15H,2,8-9H2,1H3,(H,14,16). The van der Waals surface area contributed by atoms with Crippen LogP contribution in [-0.4, -0.2) is 72.5 Å². The minimum absolute atomic E-state index is 0.249. The lowest BCUT2D eigenvalue weighted by atomic mass is 10.1. The zero-order chi connectivity index (χ0) is 26.8. The fourth-order valence-electron chi connectivity index (χ4n) is 3.05. The highest BCUT2D eigenvalue weighted by Gasteiger charge is 2.23. The molecule has 2 atom stereocenters. The Hall–Kier alpha value is -3.76. The number of hydrogen-bond donors (Lipinski definition) is 4. The van der Waals surface area contributed by atoms with Crippen molar-refractivity contribution in [1.29, 1.82) is 0 Å². The largest absolute Gasteiger partial charge is 0.464 e. The third-order valence-corrected chi connectivity index (χ3v) is 4.67. The van der Waals surface area contributed by atoms with Crippen LogP contribution in [-0.2, 0) is 41.5 Å². The van der Waals surface area contributed by atoms with Crippen LogP contribution in [0.3, 0.4) is 0 Å². The van der Waals surface area contributed by atoms with Crippen LogP contribution in [0.1, 0.15) is 25.0 Å². The molecular weight excluding hydrogens is 468 g/mol. The average molecular weight is 503 g/mol. The maximum absolute atomic E-state index is 11.7. The number of hydrogen-bond acceptors (Lipinski definition) is 8. The van der Waals surface area contributed by atoms with E-state index in [1.165, 1.54) is 0 Å². The molecule has 0 saturated carbocycles. The number of esters is 2. The zero-order valence-corrected chi connectivity index (χ0v) is 20.5. The molecule has 0 aromatic heterocycles. The van der Waals surface area contributed by atoms with Crippen LogP contribution >= 0.6 is 0 Å². The van der Waals surface area contributed by atoms with Crippen molar-refractivity contribution < 1.29 is 38.9 Å². The van der Waals surface area contributed by atoms with Gasteiger partial charge in [0.2, 0.25) is 11.8 Å². The topological polar surface area (TPSA) is 151 Å². The molecule has 0 heterocycles. The van der Waals surface area contributed by atoms with Crippen LogP contribution < -0.4 is 10.6 Å². The van der Waals surface area contributed by atoms with Crippen LogP contribution in [0.4, 0.5) is 0 Å². The molecule has 0 saturated heterocycles. The second kappa shape index (κ2) is 17.6. The van der Waals surface area contributed by atoms with Gasteiger partial charge in [-0.25, -0.2) is 9.59 Å². The number of amides is 2. The van der Waals surface area contributed by atoms with Crippen LogP contribution in [0.25, 0.3) is 0 Å². The van der Waals surface area contributed by atoms with Crippen LogP contribution in [0.15, 0.2) is 60.7 Å². The number of aliphatic hydroxyl groups excluding tert-OH is 2. The number of carbonyl (C=O) groups is 4. The lowest BCUT2D eigenvalue weighted by Gasteiger charge is -2.16. The van der Waals surface area contributed by atoms with Gasteiger partial charge in [0.05, 0.1) is 13.2 Å². The van der Waals surface area contributed by atoms with Crippen molar-refractivity contribution in [1.82, 2.24) is 10.6 Å². The zero-order valence-electron chi connectivity index (χ0n) is 20.5. The van der Waals surface area contributed by atoms with E-state index in [0.717, 1.165) is 11.1 Å². The second-order valence-corrected chi connectivity index (χ2v) is 7.44. The van der Waals surface area contributed by atoms with Crippen molar-refractivity contribution in [2.75, 3.05) is 26.4 Å². The Labute approximate surface area is 210 Å². The number of carbonyl (C=O) groups excluding carboxylic acids is 4. The van der Waals surface area contributed by atoms with E-state index in [4.69, 9.17) is 19.7 Å². The summed E-state index contributed by atoms with van der Waals surface area (Å²) in [5.41, 5.74) is 1.82. The van der Waals surface area contributed by atoms with Crippen LogP contribution in [0.2, 0.25) is 0 Å². The quantitative estimate of drug-likeness (QED) is 0.307. The molecular formula is C26H34N2O8. The van der Waals surface area contributed by atoms with E-state index in [0.29, 0.717) is 12.8 Å². The summed E-state index contributed by atoms with van der Waals surface area (Å²) < 4.78 is 9.77. The molecule has 0 fully saturated rings. The molecule has 2 aromatic carbocycles. The first-order chi connectivity index (χ1) is 17.3. The summed E-state index contributed by atoms with van der Waals surface area (Å²) >= 11 is 0. The Morgan fingerprint density at radius 1 is 0.667 bits per heavy atom. The van der Waals surface area contributed by atoms with Gasteiger partial charge in [-0.2, -0.15) is 0 Å². The Balaban J connectivity index is 0.000000360. The van der Waals surface area contributed by atoms with Crippen molar-refractivity contribution in [3.05, 3.63) is 71.8 Å². The molecule has 10 nitrogen and oxygen atoms in total. The Bertz CT molecular complexity index is 860. The summed E-state index contributed by atoms with van der Waals surface area (Å²) in [6, 6.07) is 17.0. The van der Waals surface area contributed by atoms with Gasteiger partial charge in [-0.3, -0.25) is 9.59 Å². The maximum atomic E-state index is 11.7. The molecule has 36 heavy (non-hydrogen) atoms. The monoisotopic (exact) mass is 502 g/mol. The van der Waals surface area contributed by atoms with Gasteiger partial charge in [-0.05, 0) is 25.0 Å². The summed E-state index contributed by atoms with van der Waals surface area (Å²) in [7, 11) is 0. The smallest absolute Gasteiger partial charge is 0.328 e. The normalized spacial score (nSPS) is 11.7. The Kier molecular flexibility index (Phi) is 14.8. The van der Waals surface area contributed by atoms with Gasteiger partial charge in [-0.1, -0.05) is 60.7 Å². The number of aliphatic hydroxyl groups is 2. The molecule has 0 aliphatic heterocycles. The lowest BCUT2D eigenvalue weighted by molar-refractivity contribution is -0.148. The van der Waals surface area contributed by atoms with E-state index in [1.54, 1.807) is 13.8 Å². The number of nitrogens with one attached hydrogen (secondary N) is 2. The predicted octanol–water partition coefficient (Wildman–Crippen LogP) is 0.539. The van der Waals surface area contributed by atoms with Crippen LogP contribution in [0.5, 0.6) is 0 Å². The van der Waals surface area contributed by atoms with Gasteiger partial charge >= 0.3 is 11.9 Å². The molecule has 0 radical (unpaired) electrons. The van der Waals surface area contributed by atoms with Crippen molar-refractivity contribution in [3.63, 3.8) is 0 Å². The third kappa shape index (κ3) is 12.1. The van der Waals surface area contributed by atoms with Gasteiger partial charge in [0.1, 0.15) is 25.3 Å². The van der Waals surface area contributed by atoms with E-state index in [-0.39, 0.29) is 13.2 Å². The van der Waals surface area contributed by atoms with Crippen molar-refractivity contribution in [2.24, 2.45) is 0 Å². The third-order valence-electron chi connectivity index (χ3n) is 4.67. The molecule has 2 aromatic rings. The number of benzene rings is 2. The van der Waals surface area contributed by atoms with E-state index >= 15 is 0 Å². The molecule has 2 amide bonds. The van der Waals surface area contributed by atoms with E-state index < -0.39 is 49.1 Å². The van der Waals surface area contributed by atoms with Gasteiger partial charge in [0.25, 0.3) is 0 Å². The van der Waals surface area contributed by atoms with Gasteiger partial charge in [0.15, 0.2) is 0 Å². The van der Waals surface area contributed by atoms with Crippen LogP contribution in [0, 0.1) is 0 Å². The summed E-state index contributed by atoms with van der Waals surface area (Å²) in [6.45, 7) is 2.60. The van der Waals surface area contributed by atoms with E-state index in [9.17, 15) is 19.2 Å². The molecule has 10 heteroatoms. The van der Waals surface area contributed by atoms with Gasteiger partial charge in [-0.15, -0.1) is 0 Å². The molecule has 2 unspecified atom stereocenters. The Morgan fingerprint density at radius 3 is 1.28 bits per heavy atom. The highest BCUT2D eigenvalue weighted by atomic mass is 16.5. The molecule has 2 rings (SSSR count). The average Bonchev–Trinajstić information content (AvgIpc) is 2.89.